The second-order valence-electron chi connectivity index (χ2n) is 7.98. The summed E-state index contributed by atoms with van der Waals surface area (Å²) >= 11 is 0. The minimum absolute atomic E-state index is 0.249. The molecule has 8 nitrogen and oxygen atoms in total. The molecule has 170 valence electrons. The molecule has 2 aromatic heterocycles. The van der Waals surface area contributed by atoms with Crippen LogP contribution in [0.1, 0.15) is 28.0 Å². The lowest BCUT2D eigenvalue weighted by Crippen LogP contribution is -2.19. The summed E-state index contributed by atoms with van der Waals surface area (Å²) in [4.78, 5) is 33.1. The van der Waals surface area contributed by atoms with Crippen LogP contribution in [-0.4, -0.2) is 29.0 Å². The standard InChI is InChI=1S/C26H23N5O3/c1-27-25(32)22-15-19(11-13-28-22)34-23-10-9-21(20-6-3-12-29-24(20)23)31-26(33)30-18-8-7-16-4-2-5-17(16)14-18/h3,6-15H,2,4-5H2,1H3,(H,27,32)(H2,30,31,33). The van der Waals surface area contributed by atoms with E-state index in [9.17, 15) is 9.59 Å². The Morgan fingerprint density at radius 2 is 1.79 bits per heavy atom. The van der Waals surface area contributed by atoms with Gasteiger partial charge in [-0.1, -0.05) is 6.07 Å². The summed E-state index contributed by atoms with van der Waals surface area (Å²) in [5.74, 6) is 0.646. The van der Waals surface area contributed by atoms with Crippen LogP contribution in [0.25, 0.3) is 10.9 Å². The lowest BCUT2D eigenvalue weighted by molar-refractivity contribution is 0.0958. The number of hydrogen-bond acceptors (Lipinski definition) is 5. The molecule has 8 heteroatoms. The van der Waals surface area contributed by atoms with Crippen molar-refractivity contribution in [1.82, 2.24) is 15.3 Å². The van der Waals surface area contributed by atoms with Crippen LogP contribution in [0.2, 0.25) is 0 Å². The first-order valence-corrected chi connectivity index (χ1v) is 11.0. The van der Waals surface area contributed by atoms with Crippen molar-refractivity contribution in [1.29, 1.82) is 0 Å². The van der Waals surface area contributed by atoms with Crippen molar-refractivity contribution in [3.8, 4) is 11.5 Å². The molecule has 0 saturated carbocycles. The highest BCUT2D eigenvalue weighted by atomic mass is 16.5. The second kappa shape index (κ2) is 9.19. The number of anilines is 2. The highest BCUT2D eigenvalue weighted by molar-refractivity contribution is 6.06. The summed E-state index contributed by atoms with van der Waals surface area (Å²) in [7, 11) is 1.54. The van der Waals surface area contributed by atoms with Gasteiger partial charge in [0, 0.05) is 36.6 Å². The van der Waals surface area contributed by atoms with Crippen molar-refractivity contribution in [3.63, 3.8) is 0 Å². The van der Waals surface area contributed by atoms with Crippen LogP contribution >= 0.6 is 0 Å². The Morgan fingerprint density at radius 3 is 2.68 bits per heavy atom. The molecule has 0 atom stereocenters. The highest BCUT2D eigenvalue weighted by Gasteiger charge is 2.14. The van der Waals surface area contributed by atoms with E-state index >= 15 is 0 Å². The first-order valence-electron chi connectivity index (χ1n) is 11.0. The number of nitrogens with zero attached hydrogens (tertiary/aromatic N) is 2. The molecule has 2 aromatic carbocycles. The van der Waals surface area contributed by atoms with Crippen molar-refractivity contribution in [2.45, 2.75) is 19.3 Å². The number of carbonyl (C=O) groups is 2. The van der Waals surface area contributed by atoms with E-state index in [-0.39, 0.29) is 17.6 Å². The molecule has 0 aliphatic heterocycles. The van der Waals surface area contributed by atoms with Crippen molar-refractivity contribution in [3.05, 3.63) is 83.8 Å². The lowest BCUT2D eigenvalue weighted by Gasteiger charge is -2.14. The van der Waals surface area contributed by atoms with Gasteiger partial charge in [0.15, 0.2) is 5.75 Å². The number of aromatic nitrogens is 2. The fourth-order valence-corrected chi connectivity index (χ4v) is 4.13. The van der Waals surface area contributed by atoms with E-state index in [1.807, 2.05) is 18.2 Å². The number of benzene rings is 2. The van der Waals surface area contributed by atoms with Gasteiger partial charge in [-0.05, 0) is 72.9 Å². The number of urea groups is 1. The first kappa shape index (κ1) is 21.4. The molecule has 0 unspecified atom stereocenters. The van der Waals surface area contributed by atoms with Gasteiger partial charge in [0.1, 0.15) is 17.0 Å². The van der Waals surface area contributed by atoms with Gasteiger partial charge in [-0.3, -0.25) is 14.8 Å². The Hall–Kier alpha value is -4.46. The molecule has 0 spiro atoms. The summed E-state index contributed by atoms with van der Waals surface area (Å²) in [5.41, 5.74) is 4.86. The van der Waals surface area contributed by atoms with E-state index in [0.29, 0.717) is 22.7 Å². The molecular formula is C26H23N5O3. The predicted molar refractivity (Wildman–Crippen MR) is 131 cm³/mol. The third kappa shape index (κ3) is 4.38. The summed E-state index contributed by atoms with van der Waals surface area (Å²) in [5, 5.41) is 9.10. The van der Waals surface area contributed by atoms with Crippen LogP contribution in [0.3, 0.4) is 0 Å². The zero-order chi connectivity index (χ0) is 23.5. The Bertz CT molecular complexity index is 1400. The number of nitrogens with one attached hydrogen (secondary N) is 3. The molecule has 2 heterocycles. The fraction of sp³-hybridized carbons (Fsp3) is 0.154. The quantitative estimate of drug-likeness (QED) is 0.398. The summed E-state index contributed by atoms with van der Waals surface area (Å²) in [6, 6.07) is 16.1. The maximum absolute atomic E-state index is 12.7. The third-order valence-electron chi connectivity index (χ3n) is 5.76. The predicted octanol–water partition coefficient (Wildman–Crippen LogP) is 4.91. The van der Waals surface area contributed by atoms with E-state index < -0.39 is 0 Å². The van der Waals surface area contributed by atoms with E-state index in [0.717, 1.165) is 30.3 Å². The van der Waals surface area contributed by atoms with E-state index in [4.69, 9.17) is 4.74 Å². The average Bonchev–Trinajstić information content (AvgIpc) is 3.33. The number of aryl methyl sites for hydroxylation is 2. The monoisotopic (exact) mass is 453 g/mol. The SMILES string of the molecule is CNC(=O)c1cc(Oc2ccc(NC(=O)Nc3ccc4c(c3)CCC4)c3cccnc23)ccn1. The van der Waals surface area contributed by atoms with Gasteiger partial charge < -0.3 is 20.7 Å². The Kier molecular flexibility index (Phi) is 5.78. The number of amides is 3. The number of carbonyl (C=O) groups excluding carboxylic acids is 2. The number of fused-ring (bicyclic) bond motifs is 2. The van der Waals surface area contributed by atoms with E-state index in [2.05, 4.69) is 32.0 Å². The zero-order valence-electron chi connectivity index (χ0n) is 18.6. The maximum atomic E-state index is 12.7. The molecule has 5 rings (SSSR count). The lowest BCUT2D eigenvalue weighted by atomic mass is 10.1. The Labute approximate surface area is 196 Å². The smallest absolute Gasteiger partial charge is 0.323 e. The number of ether oxygens (including phenoxy) is 1. The third-order valence-corrected chi connectivity index (χ3v) is 5.76. The molecule has 3 amide bonds. The first-order chi connectivity index (χ1) is 16.6. The van der Waals surface area contributed by atoms with Crippen molar-refractivity contribution in [2.24, 2.45) is 0 Å². The largest absolute Gasteiger partial charge is 0.455 e. The van der Waals surface area contributed by atoms with E-state index in [1.54, 1.807) is 43.6 Å². The molecule has 3 N–H and O–H groups in total. The zero-order valence-corrected chi connectivity index (χ0v) is 18.6. The molecule has 34 heavy (non-hydrogen) atoms. The van der Waals surface area contributed by atoms with Crippen LogP contribution in [0.15, 0.2) is 67.0 Å². The molecule has 0 fully saturated rings. The minimum Gasteiger partial charge on any atom is -0.455 e. The topological polar surface area (TPSA) is 105 Å². The Morgan fingerprint density at radius 1 is 0.912 bits per heavy atom. The van der Waals surface area contributed by atoms with Crippen LogP contribution in [0, 0.1) is 0 Å². The van der Waals surface area contributed by atoms with Crippen LogP contribution in [0.5, 0.6) is 11.5 Å². The fourth-order valence-electron chi connectivity index (χ4n) is 4.13. The average molecular weight is 454 g/mol. The molecule has 0 saturated heterocycles. The van der Waals surface area contributed by atoms with Crippen molar-refractivity contribution >= 4 is 34.2 Å². The van der Waals surface area contributed by atoms with Gasteiger partial charge in [0.25, 0.3) is 5.91 Å². The Balaban J connectivity index is 1.37. The van der Waals surface area contributed by atoms with Gasteiger partial charge >= 0.3 is 6.03 Å². The summed E-state index contributed by atoms with van der Waals surface area (Å²) in [6.45, 7) is 0. The van der Waals surface area contributed by atoms with Gasteiger partial charge in [-0.2, -0.15) is 0 Å². The number of rotatable bonds is 5. The van der Waals surface area contributed by atoms with Crippen molar-refractivity contribution < 1.29 is 14.3 Å². The second-order valence-corrected chi connectivity index (χ2v) is 7.98. The molecule has 0 bridgehead atoms. The van der Waals surface area contributed by atoms with Gasteiger partial charge in [-0.15, -0.1) is 0 Å². The number of hydrogen-bond donors (Lipinski definition) is 3. The molecule has 4 aromatic rings. The normalized spacial score (nSPS) is 12.1. The van der Waals surface area contributed by atoms with Gasteiger partial charge in [-0.25, -0.2) is 4.79 Å². The van der Waals surface area contributed by atoms with Crippen LogP contribution < -0.4 is 20.7 Å². The van der Waals surface area contributed by atoms with Gasteiger partial charge in [0.2, 0.25) is 0 Å². The molecule has 1 aliphatic carbocycles. The van der Waals surface area contributed by atoms with Crippen molar-refractivity contribution in [2.75, 3.05) is 17.7 Å². The number of pyridine rings is 2. The molecule has 1 aliphatic rings. The van der Waals surface area contributed by atoms with E-state index in [1.165, 1.54) is 17.3 Å². The molecular weight excluding hydrogens is 430 g/mol. The van der Waals surface area contributed by atoms with Crippen LogP contribution in [0.4, 0.5) is 16.2 Å². The highest BCUT2D eigenvalue weighted by Crippen LogP contribution is 2.33. The van der Waals surface area contributed by atoms with Gasteiger partial charge in [0.05, 0.1) is 5.69 Å². The minimum atomic E-state index is -0.332. The van der Waals surface area contributed by atoms with Crippen LogP contribution in [-0.2, 0) is 12.8 Å². The summed E-state index contributed by atoms with van der Waals surface area (Å²) in [6.07, 6.45) is 6.47. The summed E-state index contributed by atoms with van der Waals surface area (Å²) < 4.78 is 6.01. The maximum Gasteiger partial charge on any atom is 0.323 e. The molecule has 0 radical (unpaired) electrons.